The number of ether oxygens (including phenoxy) is 4. The summed E-state index contributed by atoms with van der Waals surface area (Å²) in [6.45, 7) is 7.92. The average molecular weight is 462 g/mol. The third-order valence-corrected chi connectivity index (χ3v) is 4.52. The van der Waals surface area contributed by atoms with Gasteiger partial charge in [0, 0.05) is 19.3 Å². The Bertz CT molecular complexity index is 827. The van der Waals surface area contributed by atoms with Crippen molar-refractivity contribution >= 4 is 23.9 Å². The Morgan fingerprint density at radius 2 is 0.909 bits per heavy atom. The third kappa shape index (κ3) is 7.84. The molecular formula is C24H31NO8. The van der Waals surface area contributed by atoms with E-state index in [4.69, 9.17) is 18.9 Å². The summed E-state index contributed by atoms with van der Waals surface area (Å²) in [5.41, 5.74) is -3.75. The molecule has 0 saturated carbocycles. The smallest absolute Gasteiger partial charge is 0.325 e. The van der Waals surface area contributed by atoms with E-state index in [0.29, 0.717) is 0 Å². The molecule has 0 fully saturated rings. The van der Waals surface area contributed by atoms with E-state index in [1.165, 1.54) is 0 Å². The molecule has 0 N–H and O–H groups in total. The van der Waals surface area contributed by atoms with Gasteiger partial charge in [0.25, 0.3) is 0 Å². The first-order valence-corrected chi connectivity index (χ1v) is 10.7. The molecular weight excluding hydrogens is 430 g/mol. The first kappa shape index (κ1) is 29.5. The normalized spacial score (nSPS) is 10.3. The molecule has 0 amide bonds. The molecule has 9 nitrogen and oxygen atoms in total. The van der Waals surface area contributed by atoms with Gasteiger partial charge in [0.1, 0.15) is 0 Å². The first-order valence-electron chi connectivity index (χ1n) is 10.7. The molecule has 0 heterocycles. The number of carbonyl (C=O) groups excluding carboxylic acids is 4. The zero-order valence-corrected chi connectivity index (χ0v) is 19.9. The van der Waals surface area contributed by atoms with Gasteiger partial charge in [0.05, 0.1) is 38.9 Å². The summed E-state index contributed by atoms with van der Waals surface area (Å²) in [7, 11) is 0. The molecule has 33 heavy (non-hydrogen) atoms. The summed E-state index contributed by atoms with van der Waals surface area (Å²) >= 11 is 0. The van der Waals surface area contributed by atoms with Crippen molar-refractivity contribution in [2.75, 3.05) is 26.4 Å². The van der Waals surface area contributed by atoms with Crippen molar-refractivity contribution in [2.45, 2.75) is 60.3 Å². The number of nitriles is 1. The lowest BCUT2D eigenvalue weighted by Crippen LogP contribution is -2.42. The maximum atomic E-state index is 12.7. The minimum Gasteiger partial charge on any atom is -0.465 e. The molecule has 0 aliphatic rings. The zero-order valence-electron chi connectivity index (χ0n) is 19.9. The van der Waals surface area contributed by atoms with Crippen molar-refractivity contribution in [1.82, 2.24) is 0 Å². The summed E-state index contributed by atoms with van der Waals surface area (Å²) in [5, 5.41) is 9.23. The molecule has 0 aliphatic carbocycles. The van der Waals surface area contributed by atoms with Crippen molar-refractivity contribution in [1.29, 1.82) is 5.26 Å². The number of nitrogens with zero attached hydrogens (tertiary/aromatic N) is 1. The second-order valence-corrected chi connectivity index (χ2v) is 6.69. The number of carbonyl (C=O) groups is 4. The van der Waals surface area contributed by atoms with Crippen LogP contribution in [-0.2, 0) is 38.1 Å². The SMILES string of the molecule is CC#CCC(CC#CCC(CC#N)(C(=O)OCC)C(=O)OCC)(C(=O)OCC)C(=O)OCC. The van der Waals surface area contributed by atoms with Gasteiger partial charge in [-0.25, -0.2) is 0 Å². The van der Waals surface area contributed by atoms with E-state index in [1.807, 2.05) is 0 Å². The Morgan fingerprint density at radius 1 is 0.606 bits per heavy atom. The topological polar surface area (TPSA) is 129 Å². The molecule has 0 aliphatic heterocycles. The lowest BCUT2D eigenvalue weighted by atomic mass is 9.79. The predicted octanol–water partition coefficient (Wildman–Crippen LogP) is 2.32. The van der Waals surface area contributed by atoms with Gasteiger partial charge in [0.2, 0.25) is 0 Å². The van der Waals surface area contributed by atoms with Crippen LogP contribution in [0.15, 0.2) is 0 Å². The molecule has 0 aromatic carbocycles. The van der Waals surface area contributed by atoms with Crippen LogP contribution in [0.2, 0.25) is 0 Å². The van der Waals surface area contributed by atoms with Crippen LogP contribution in [-0.4, -0.2) is 50.3 Å². The number of rotatable bonds is 12. The second-order valence-electron chi connectivity index (χ2n) is 6.69. The third-order valence-electron chi connectivity index (χ3n) is 4.52. The maximum Gasteiger partial charge on any atom is 0.325 e. The van der Waals surface area contributed by atoms with Gasteiger partial charge in [-0.3, -0.25) is 19.2 Å². The van der Waals surface area contributed by atoms with Gasteiger partial charge in [-0.05, 0) is 34.6 Å². The lowest BCUT2D eigenvalue weighted by Gasteiger charge is -2.26. The fourth-order valence-electron chi connectivity index (χ4n) is 2.75. The van der Waals surface area contributed by atoms with Crippen LogP contribution in [0.3, 0.4) is 0 Å². The Morgan fingerprint density at radius 3 is 1.18 bits per heavy atom. The van der Waals surface area contributed by atoms with Crippen molar-refractivity contribution in [3.05, 3.63) is 0 Å². The highest BCUT2D eigenvalue weighted by Crippen LogP contribution is 2.32. The van der Waals surface area contributed by atoms with E-state index in [-0.39, 0.29) is 39.3 Å². The quantitative estimate of drug-likeness (QED) is 0.186. The molecule has 0 saturated heterocycles. The highest BCUT2D eigenvalue weighted by atomic mass is 16.6. The largest absolute Gasteiger partial charge is 0.465 e. The average Bonchev–Trinajstić information content (AvgIpc) is 2.78. The van der Waals surface area contributed by atoms with E-state index in [2.05, 4.69) is 23.7 Å². The zero-order chi connectivity index (χ0) is 25.3. The lowest BCUT2D eigenvalue weighted by molar-refractivity contribution is -0.173. The summed E-state index contributed by atoms with van der Waals surface area (Å²) in [6, 6.07) is 1.81. The highest BCUT2D eigenvalue weighted by molar-refractivity contribution is 6.01. The number of hydrogen-bond donors (Lipinski definition) is 0. The van der Waals surface area contributed by atoms with Gasteiger partial charge in [-0.15, -0.1) is 23.7 Å². The van der Waals surface area contributed by atoms with Gasteiger partial charge in [-0.1, -0.05) is 0 Å². The van der Waals surface area contributed by atoms with Crippen LogP contribution in [0.25, 0.3) is 0 Å². The molecule has 180 valence electrons. The van der Waals surface area contributed by atoms with Crippen LogP contribution in [0, 0.1) is 45.8 Å². The van der Waals surface area contributed by atoms with Gasteiger partial charge in [0.15, 0.2) is 10.8 Å². The summed E-state index contributed by atoms with van der Waals surface area (Å²) in [5.74, 6) is 7.13. The predicted molar refractivity (Wildman–Crippen MR) is 117 cm³/mol. The van der Waals surface area contributed by atoms with E-state index >= 15 is 0 Å². The molecule has 0 rings (SSSR count). The molecule has 0 unspecified atom stereocenters. The monoisotopic (exact) mass is 461 g/mol. The standard InChI is InChI=1S/C24H31NO8/c1-6-11-14-23(19(26)30-7-2,20(27)31-8-3)15-12-13-16-24(17-18-25,21(28)32-9-4)22(29)33-10-5/h7-10,14-17H2,1-5H3. The van der Waals surface area contributed by atoms with Crippen LogP contribution >= 0.6 is 0 Å². The molecule has 9 heteroatoms. The van der Waals surface area contributed by atoms with Crippen molar-refractivity contribution in [3.63, 3.8) is 0 Å². The Labute approximate surface area is 195 Å². The Hall–Kier alpha value is -3.51. The van der Waals surface area contributed by atoms with E-state index in [1.54, 1.807) is 40.7 Å². The molecule has 0 atom stereocenters. The molecule has 0 aromatic heterocycles. The van der Waals surface area contributed by atoms with Crippen LogP contribution < -0.4 is 0 Å². The summed E-state index contributed by atoms with van der Waals surface area (Å²) in [4.78, 5) is 50.6. The van der Waals surface area contributed by atoms with Crippen LogP contribution in [0.5, 0.6) is 0 Å². The van der Waals surface area contributed by atoms with Gasteiger partial charge in [-0.2, -0.15) is 5.26 Å². The molecule has 0 aromatic rings. The van der Waals surface area contributed by atoms with Crippen LogP contribution in [0.4, 0.5) is 0 Å². The molecule has 0 radical (unpaired) electrons. The second kappa shape index (κ2) is 15.3. The fraction of sp³-hybridized carbons (Fsp3) is 0.625. The maximum absolute atomic E-state index is 12.7. The highest BCUT2D eigenvalue weighted by Gasteiger charge is 2.50. The number of hydrogen-bond acceptors (Lipinski definition) is 9. The minimum atomic E-state index is -1.95. The van der Waals surface area contributed by atoms with Crippen molar-refractivity contribution in [2.24, 2.45) is 10.8 Å². The van der Waals surface area contributed by atoms with Crippen LogP contribution in [0.1, 0.15) is 60.3 Å². The van der Waals surface area contributed by atoms with Gasteiger partial charge < -0.3 is 18.9 Å². The molecule has 0 spiro atoms. The minimum absolute atomic E-state index is 0.0106. The Balaban J connectivity index is 6.24. The van der Waals surface area contributed by atoms with Gasteiger partial charge >= 0.3 is 23.9 Å². The first-order chi connectivity index (χ1) is 15.8. The van der Waals surface area contributed by atoms with Crippen molar-refractivity contribution < 1.29 is 38.1 Å². The van der Waals surface area contributed by atoms with E-state index in [9.17, 15) is 24.4 Å². The van der Waals surface area contributed by atoms with E-state index < -0.39 is 47.5 Å². The molecule has 0 bridgehead atoms. The van der Waals surface area contributed by atoms with Crippen molar-refractivity contribution in [3.8, 4) is 29.8 Å². The summed E-state index contributed by atoms with van der Waals surface area (Å²) < 4.78 is 20.2. The fourth-order valence-corrected chi connectivity index (χ4v) is 2.75. The van der Waals surface area contributed by atoms with E-state index in [0.717, 1.165) is 0 Å². The number of esters is 4. The Kier molecular flexibility index (Phi) is 13.7. The summed E-state index contributed by atoms with van der Waals surface area (Å²) in [6.07, 6.45) is -1.43.